The molecule has 1 heterocycles. The van der Waals surface area contributed by atoms with Gasteiger partial charge in [0.25, 0.3) is 5.56 Å². The lowest BCUT2D eigenvalue weighted by Crippen LogP contribution is -2.11. The monoisotopic (exact) mass is 354 g/mol. The Balaban J connectivity index is 1.89. The van der Waals surface area contributed by atoms with Gasteiger partial charge >= 0.3 is 5.97 Å². The average molecular weight is 355 g/mol. The van der Waals surface area contributed by atoms with Gasteiger partial charge in [0.15, 0.2) is 4.77 Å². The first-order chi connectivity index (χ1) is 11.6. The molecule has 1 aromatic rings. The van der Waals surface area contributed by atoms with Gasteiger partial charge in [-0.1, -0.05) is 51.9 Å². The molecule has 0 saturated heterocycles. The first-order valence-electron chi connectivity index (χ1n) is 9.09. The van der Waals surface area contributed by atoms with Gasteiger partial charge < -0.3 is 9.30 Å². The van der Waals surface area contributed by atoms with Crippen LogP contribution in [-0.2, 0) is 16.1 Å². The second kappa shape index (κ2) is 12.9. The molecule has 1 N–H and O–H groups in total. The van der Waals surface area contributed by atoms with E-state index < -0.39 is 0 Å². The number of nitrogens with zero attached hydrogens (tertiary/aromatic N) is 1. The molecule has 0 aliphatic rings. The summed E-state index contributed by atoms with van der Waals surface area (Å²) in [6.07, 6.45) is 12.9. The molecular weight excluding hydrogens is 324 g/mol. The lowest BCUT2D eigenvalue weighted by atomic mass is 10.1. The highest BCUT2D eigenvalue weighted by Crippen LogP contribution is 2.10. The van der Waals surface area contributed by atoms with E-state index in [1.165, 1.54) is 44.6 Å². The molecule has 5 nitrogen and oxygen atoms in total. The zero-order chi connectivity index (χ0) is 17.6. The third-order valence-electron chi connectivity index (χ3n) is 3.99. The van der Waals surface area contributed by atoms with Gasteiger partial charge in [0, 0.05) is 25.2 Å². The number of aromatic nitrogens is 2. The number of unbranched alkanes of at least 4 members (excludes halogenated alkanes) is 8. The van der Waals surface area contributed by atoms with Crippen LogP contribution in [0.25, 0.3) is 0 Å². The fourth-order valence-electron chi connectivity index (χ4n) is 2.53. The van der Waals surface area contributed by atoms with Crippen LogP contribution in [0.5, 0.6) is 0 Å². The Morgan fingerprint density at radius 2 is 1.67 bits per heavy atom. The zero-order valence-corrected chi connectivity index (χ0v) is 15.5. The summed E-state index contributed by atoms with van der Waals surface area (Å²) in [4.78, 5) is 24.7. The van der Waals surface area contributed by atoms with Gasteiger partial charge in [-0.25, -0.2) is 0 Å². The van der Waals surface area contributed by atoms with Gasteiger partial charge in [0.1, 0.15) is 0 Å². The van der Waals surface area contributed by atoms with Crippen molar-refractivity contribution in [3.63, 3.8) is 0 Å². The summed E-state index contributed by atoms with van der Waals surface area (Å²) in [5, 5.41) is 0. The Morgan fingerprint density at radius 3 is 2.25 bits per heavy atom. The Hall–Kier alpha value is -1.43. The summed E-state index contributed by atoms with van der Waals surface area (Å²) in [5.41, 5.74) is -0.139. The van der Waals surface area contributed by atoms with Crippen LogP contribution in [-0.4, -0.2) is 22.1 Å². The normalized spacial score (nSPS) is 10.7. The predicted molar refractivity (Wildman–Crippen MR) is 98.7 cm³/mol. The van der Waals surface area contributed by atoms with Crippen LogP contribution in [0.3, 0.4) is 0 Å². The number of ether oxygens (including phenoxy) is 1. The minimum atomic E-state index is -0.139. The van der Waals surface area contributed by atoms with Crippen LogP contribution >= 0.6 is 12.2 Å². The molecule has 0 aliphatic heterocycles. The van der Waals surface area contributed by atoms with Gasteiger partial charge in [0.05, 0.1) is 6.61 Å². The van der Waals surface area contributed by atoms with E-state index in [1.54, 1.807) is 6.20 Å². The van der Waals surface area contributed by atoms with Crippen LogP contribution in [0.15, 0.2) is 17.1 Å². The highest BCUT2D eigenvalue weighted by atomic mass is 32.1. The molecule has 0 bridgehead atoms. The van der Waals surface area contributed by atoms with Crippen molar-refractivity contribution in [3.8, 4) is 0 Å². The molecule has 0 unspecified atom stereocenters. The quantitative estimate of drug-likeness (QED) is 0.324. The molecule has 0 atom stereocenters. The maximum atomic E-state index is 11.1. The standard InChI is InChI=1S/C18H30N2O3S/c1-2-17(22)23-15-11-9-7-5-3-4-6-8-10-13-20-14-12-16(21)19-18(20)24/h12,14H,2-11,13,15H2,1H3,(H,19,21,24). The number of carbonyl (C=O) groups is 1. The summed E-state index contributed by atoms with van der Waals surface area (Å²) in [7, 11) is 0. The van der Waals surface area contributed by atoms with E-state index in [1.807, 2.05) is 11.5 Å². The second-order valence-corrected chi connectivity index (χ2v) is 6.45. The number of nitrogens with one attached hydrogen (secondary N) is 1. The molecule has 0 aromatic carbocycles. The van der Waals surface area contributed by atoms with Gasteiger partial charge in [-0.15, -0.1) is 0 Å². The maximum absolute atomic E-state index is 11.1. The molecule has 1 aromatic heterocycles. The van der Waals surface area contributed by atoms with Crippen LogP contribution in [0.2, 0.25) is 0 Å². The maximum Gasteiger partial charge on any atom is 0.305 e. The molecule has 0 radical (unpaired) electrons. The van der Waals surface area contributed by atoms with Crippen molar-refractivity contribution < 1.29 is 9.53 Å². The smallest absolute Gasteiger partial charge is 0.305 e. The molecule has 24 heavy (non-hydrogen) atoms. The molecule has 0 fully saturated rings. The summed E-state index contributed by atoms with van der Waals surface area (Å²) in [6, 6.07) is 1.51. The van der Waals surface area contributed by atoms with Crippen molar-refractivity contribution in [2.45, 2.75) is 77.7 Å². The number of carbonyl (C=O) groups excluding carboxylic acids is 1. The third kappa shape index (κ3) is 9.65. The molecular formula is C18H30N2O3S. The first-order valence-corrected chi connectivity index (χ1v) is 9.49. The SMILES string of the molecule is CCC(=O)OCCCCCCCCCCCn1ccc(=O)[nH]c1=S. The number of hydrogen-bond donors (Lipinski definition) is 1. The molecule has 0 aliphatic carbocycles. The van der Waals surface area contributed by atoms with Gasteiger partial charge in [-0.3, -0.25) is 14.6 Å². The highest BCUT2D eigenvalue weighted by Gasteiger charge is 1.98. The first kappa shape index (κ1) is 20.6. The van der Waals surface area contributed by atoms with Crippen molar-refractivity contribution in [2.75, 3.05) is 6.61 Å². The summed E-state index contributed by atoms with van der Waals surface area (Å²) >= 11 is 5.12. The van der Waals surface area contributed by atoms with E-state index in [2.05, 4.69) is 4.98 Å². The van der Waals surface area contributed by atoms with Gasteiger partial charge in [-0.2, -0.15) is 0 Å². The Morgan fingerprint density at radius 1 is 1.08 bits per heavy atom. The predicted octanol–water partition coefficient (Wildman–Crippen LogP) is 4.37. The van der Waals surface area contributed by atoms with Crippen molar-refractivity contribution in [2.24, 2.45) is 0 Å². The van der Waals surface area contributed by atoms with E-state index in [-0.39, 0.29) is 11.5 Å². The summed E-state index contributed by atoms with van der Waals surface area (Å²) in [5.74, 6) is -0.0989. The minimum absolute atomic E-state index is 0.0989. The summed E-state index contributed by atoms with van der Waals surface area (Å²) in [6.45, 7) is 3.25. The van der Waals surface area contributed by atoms with Gasteiger partial charge in [0.2, 0.25) is 0 Å². The Kier molecular flexibility index (Phi) is 11.1. The molecule has 1 rings (SSSR count). The number of aryl methyl sites for hydroxylation is 1. The minimum Gasteiger partial charge on any atom is -0.466 e. The van der Waals surface area contributed by atoms with Crippen LogP contribution in [0, 0.1) is 4.77 Å². The molecule has 136 valence electrons. The van der Waals surface area contributed by atoms with Crippen molar-refractivity contribution in [1.29, 1.82) is 0 Å². The lowest BCUT2D eigenvalue weighted by molar-refractivity contribution is -0.143. The van der Waals surface area contributed by atoms with Crippen LogP contribution in [0.4, 0.5) is 0 Å². The lowest BCUT2D eigenvalue weighted by Gasteiger charge is -2.06. The number of esters is 1. The number of hydrogen-bond acceptors (Lipinski definition) is 4. The van der Waals surface area contributed by atoms with Gasteiger partial charge in [-0.05, 0) is 25.1 Å². The molecule has 0 spiro atoms. The second-order valence-electron chi connectivity index (χ2n) is 6.06. The molecule has 0 amide bonds. The Bertz CT molecular complexity index is 580. The third-order valence-corrected chi connectivity index (χ3v) is 4.33. The largest absolute Gasteiger partial charge is 0.466 e. The van der Waals surface area contributed by atoms with E-state index >= 15 is 0 Å². The molecule has 0 saturated carbocycles. The van der Waals surface area contributed by atoms with E-state index in [0.29, 0.717) is 17.8 Å². The Labute approximate surface area is 149 Å². The highest BCUT2D eigenvalue weighted by molar-refractivity contribution is 7.71. The number of aromatic amines is 1. The summed E-state index contributed by atoms with van der Waals surface area (Å²) < 4.78 is 7.47. The van der Waals surface area contributed by atoms with E-state index in [9.17, 15) is 9.59 Å². The average Bonchev–Trinajstić information content (AvgIpc) is 2.57. The van der Waals surface area contributed by atoms with Crippen molar-refractivity contribution in [1.82, 2.24) is 9.55 Å². The van der Waals surface area contributed by atoms with E-state index in [4.69, 9.17) is 17.0 Å². The number of H-pyrrole nitrogens is 1. The van der Waals surface area contributed by atoms with Crippen LogP contribution < -0.4 is 5.56 Å². The number of rotatable bonds is 13. The van der Waals surface area contributed by atoms with Crippen LogP contribution in [0.1, 0.15) is 71.1 Å². The van der Waals surface area contributed by atoms with Crippen molar-refractivity contribution >= 4 is 18.2 Å². The van der Waals surface area contributed by atoms with E-state index in [0.717, 1.165) is 25.8 Å². The topological polar surface area (TPSA) is 64.1 Å². The fourth-order valence-corrected chi connectivity index (χ4v) is 2.78. The fraction of sp³-hybridized carbons (Fsp3) is 0.722. The molecule has 6 heteroatoms. The zero-order valence-electron chi connectivity index (χ0n) is 14.7. The van der Waals surface area contributed by atoms with Crippen molar-refractivity contribution in [3.05, 3.63) is 27.4 Å².